The van der Waals surface area contributed by atoms with Crippen molar-refractivity contribution in [1.29, 1.82) is 0 Å². The van der Waals surface area contributed by atoms with E-state index in [9.17, 15) is 9.90 Å². The highest BCUT2D eigenvalue weighted by molar-refractivity contribution is 7.14. The summed E-state index contributed by atoms with van der Waals surface area (Å²) in [6.07, 6.45) is 0. The average Bonchev–Trinajstić information content (AvgIpc) is 3.05. The molecule has 1 amide bonds. The molecule has 1 unspecified atom stereocenters. The number of carbonyl (C=O) groups excluding carboxylic acids is 1. The monoisotopic (exact) mass is 311 g/mol. The van der Waals surface area contributed by atoms with Crippen LogP contribution < -0.4 is 10.1 Å². The molecule has 0 saturated carbocycles. The minimum Gasteiger partial charge on any atom is -0.495 e. The van der Waals surface area contributed by atoms with Crippen molar-refractivity contribution in [2.24, 2.45) is 0 Å². The number of nitrogens with one attached hydrogen (secondary N) is 1. The predicted octanol–water partition coefficient (Wildman–Crippen LogP) is 2.76. The van der Waals surface area contributed by atoms with Crippen LogP contribution in [0.2, 0.25) is 0 Å². The minimum atomic E-state index is -1.07. The number of aryl methyl sites for hydroxylation is 1. The van der Waals surface area contributed by atoms with Crippen molar-refractivity contribution in [3.8, 4) is 5.75 Å². The lowest BCUT2D eigenvalue weighted by molar-refractivity contribution is 0.0530. The first-order chi connectivity index (χ1) is 9.44. The summed E-state index contributed by atoms with van der Waals surface area (Å²) in [7, 11) is 1.54. The van der Waals surface area contributed by atoms with Crippen molar-refractivity contribution in [2.45, 2.75) is 19.4 Å². The molecular weight excluding hydrogens is 294 g/mol. The van der Waals surface area contributed by atoms with Crippen LogP contribution in [0.4, 0.5) is 0 Å². The third-order valence-electron chi connectivity index (χ3n) is 2.98. The molecule has 0 aliphatic rings. The van der Waals surface area contributed by atoms with Crippen LogP contribution in [0.5, 0.6) is 5.75 Å². The van der Waals surface area contributed by atoms with Crippen LogP contribution in [0.25, 0.3) is 0 Å². The fraction of sp³-hybridized carbons (Fsp3) is 0.357. The van der Waals surface area contributed by atoms with E-state index in [1.54, 1.807) is 14.0 Å². The summed E-state index contributed by atoms with van der Waals surface area (Å²) < 4.78 is 5.18. The second-order valence-electron chi connectivity index (χ2n) is 4.72. The zero-order chi connectivity index (χ0) is 14.8. The predicted molar refractivity (Wildman–Crippen MR) is 81.8 cm³/mol. The van der Waals surface area contributed by atoms with Gasteiger partial charge in [-0.1, -0.05) is 0 Å². The van der Waals surface area contributed by atoms with Crippen molar-refractivity contribution in [2.75, 3.05) is 13.7 Å². The van der Waals surface area contributed by atoms with E-state index in [-0.39, 0.29) is 12.5 Å². The molecule has 2 N–H and O–H groups in total. The fourth-order valence-corrected chi connectivity index (χ4v) is 3.48. The molecule has 2 heterocycles. The summed E-state index contributed by atoms with van der Waals surface area (Å²) in [6.45, 7) is 3.76. The van der Waals surface area contributed by atoms with Gasteiger partial charge in [0.2, 0.25) is 0 Å². The number of methoxy groups -OCH3 is 1. The maximum absolute atomic E-state index is 12.2. The van der Waals surface area contributed by atoms with Gasteiger partial charge in [0, 0.05) is 4.88 Å². The lowest BCUT2D eigenvalue weighted by Crippen LogP contribution is -2.38. The zero-order valence-corrected chi connectivity index (χ0v) is 13.2. The molecule has 2 rings (SSSR count). The van der Waals surface area contributed by atoms with Crippen LogP contribution in [-0.2, 0) is 5.60 Å². The lowest BCUT2D eigenvalue weighted by atomic mass is 9.99. The summed E-state index contributed by atoms with van der Waals surface area (Å²) in [6, 6.07) is 3.68. The van der Waals surface area contributed by atoms with Crippen molar-refractivity contribution in [3.05, 3.63) is 38.2 Å². The van der Waals surface area contributed by atoms with E-state index in [4.69, 9.17) is 4.74 Å². The molecule has 0 radical (unpaired) electrons. The molecule has 20 heavy (non-hydrogen) atoms. The Hall–Kier alpha value is -1.37. The normalized spacial score (nSPS) is 13.8. The number of ether oxygens (including phenoxy) is 1. The Labute approximate surface area is 126 Å². The van der Waals surface area contributed by atoms with Gasteiger partial charge >= 0.3 is 0 Å². The third kappa shape index (κ3) is 3.20. The van der Waals surface area contributed by atoms with E-state index in [1.165, 1.54) is 22.7 Å². The molecule has 0 aromatic carbocycles. The summed E-state index contributed by atoms with van der Waals surface area (Å²) in [5.74, 6) is 0.343. The van der Waals surface area contributed by atoms with Crippen molar-refractivity contribution in [1.82, 2.24) is 5.32 Å². The van der Waals surface area contributed by atoms with Gasteiger partial charge in [-0.15, -0.1) is 11.3 Å². The average molecular weight is 311 g/mol. The first kappa shape index (κ1) is 15.0. The van der Waals surface area contributed by atoms with Crippen LogP contribution >= 0.6 is 22.7 Å². The van der Waals surface area contributed by atoms with Gasteiger partial charge in [0.1, 0.15) is 16.2 Å². The van der Waals surface area contributed by atoms with Gasteiger partial charge in [0.25, 0.3) is 5.91 Å². The molecule has 2 aromatic heterocycles. The second kappa shape index (κ2) is 5.95. The van der Waals surface area contributed by atoms with E-state index < -0.39 is 5.60 Å². The fourth-order valence-electron chi connectivity index (χ4n) is 1.81. The van der Waals surface area contributed by atoms with Crippen LogP contribution in [0.3, 0.4) is 0 Å². The van der Waals surface area contributed by atoms with Gasteiger partial charge in [-0.3, -0.25) is 4.79 Å². The van der Waals surface area contributed by atoms with Gasteiger partial charge in [-0.05, 0) is 42.3 Å². The van der Waals surface area contributed by atoms with E-state index in [2.05, 4.69) is 5.32 Å². The Morgan fingerprint density at radius 2 is 2.30 bits per heavy atom. The van der Waals surface area contributed by atoms with Gasteiger partial charge < -0.3 is 15.2 Å². The number of amides is 1. The van der Waals surface area contributed by atoms with Gasteiger partial charge in [0.15, 0.2) is 0 Å². The number of aliphatic hydroxyl groups is 1. The molecule has 0 aliphatic heterocycles. The maximum atomic E-state index is 12.2. The smallest absolute Gasteiger partial charge is 0.265 e. The number of hydrogen-bond donors (Lipinski definition) is 2. The van der Waals surface area contributed by atoms with Crippen LogP contribution in [0.1, 0.15) is 27.0 Å². The topological polar surface area (TPSA) is 58.6 Å². The summed E-state index contributed by atoms with van der Waals surface area (Å²) in [5, 5.41) is 16.9. The van der Waals surface area contributed by atoms with Crippen LogP contribution in [0, 0.1) is 6.92 Å². The van der Waals surface area contributed by atoms with E-state index in [0.29, 0.717) is 10.6 Å². The molecule has 0 saturated heterocycles. The first-order valence-electron chi connectivity index (χ1n) is 6.11. The molecule has 0 aliphatic carbocycles. The minimum absolute atomic E-state index is 0.155. The van der Waals surface area contributed by atoms with Gasteiger partial charge in [0.05, 0.1) is 13.7 Å². The number of hydrogen-bond acceptors (Lipinski definition) is 5. The molecular formula is C14H17NO3S2. The Bertz CT molecular complexity index is 588. The van der Waals surface area contributed by atoms with E-state index in [1.807, 2.05) is 29.8 Å². The van der Waals surface area contributed by atoms with Gasteiger partial charge in [-0.2, -0.15) is 11.3 Å². The zero-order valence-electron chi connectivity index (χ0n) is 11.6. The maximum Gasteiger partial charge on any atom is 0.265 e. The number of rotatable bonds is 5. The Morgan fingerprint density at radius 3 is 2.90 bits per heavy atom. The molecule has 1 atom stereocenters. The highest BCUT2D eigenvalue weighted by atomic mass is 32.1. The largest absolute Gasteiger partial charge is 0.495 e. The number of carbonyl (C=O) groups is 1. The van der Waals surface area contributed by atoms with E-state index in [0.717, 1.165) is 10.4 Å². The van der Waals surface area contributed by atoms with Crippen LogP contribution in [0.15, 0.2) is 22.9 Å². The molecule has 2 aromatic rings. The highest BCUT2D eigenvalue weighted by Gasteiger charge is 2.25. The molecule has 108 valence electrons. The first-order valence-corrected chi connectivity index (χ1v) is 7.87. The molecule has 0 spiro atoms. The molecule has 0 fully saturated rings. The summed E-state index contributed by atoms with van der Waals surface area (Å²) in [4.78, 5) is 13.7. The summed E-state index contributed by atoms with van der Waals surface area (Å²) >= 11 is 2.89. The van der Waals surface area contributed by atoms with Crippen LogP contribution in [-0.4, -0.2) is 24.7 Å². The number of thiophene rings is 2. The summed E-state index contributed by atoms with van der Waals surface area (Å²) in [5.41, 5.74) is -0.271. The van der Waals surface area contributed by atoms with Gasteiger partial charge in [-0.25, -0.2) is 0 Å². The Balaban J connectivity index is 2.05. The molecule has 0 bridgehead atoms. The van der Waals surface area contributed by atoms with Crippen molar-refractivity contribution in [3.63, 3.8) is 0 Å². The lowest BCUT2D eigenvalue weighted by Gasteiger charge is -2.22. The SMILES string of the molecule is COc1cc(C)sc1C(=O)NCC(C)(O)c1ccsc1. The standard InChI is InChI=1S/C14H17NO3S2/c1-9-6-11(18-3)12(20-9)13(16)15-8-14(2,17)10-4-5-19-7-10/h4-7,17H,8H2,1-3H3,(H,15,16). The van der Waals surface area contributed by atoms with E-state index >= 15 is 0 Å². The Kier molecular flexibility index (Phi) is 4.47. The second-order valence-corrected chi connectivity index (χ2v) is 6.76. The highest BCUT2D eigenvalue weighted by Crippen LogP contribution is 2.29. The third-order valence-corrected chi connectivity index (χ3v) is 4.70. The Morgan fingerprint density at radius 1 is 1.55 bits per heavy atom. The quantitative estimate of drug-likeness (QED) is 0.892. The molecule has 4 nitrogen and oxygen atoms in total. The van der Waals surface area contributed by atoms with Crippen molar-refractivity contribution >= 4 is 28.6 Å². The van der Waals surface area contributed by atoms with Crippen molar-refractivity contribution < 1.29 is 14.6 Å². The molecule has 6 heteroatoms.